The molecule has 1 aromatic heterocycles. The van der Waals surface area contributed by atoms with Crippen LogP contribution < -0.4 is 10.6 Å². The van der Waals surface area contributed by atoms with Crippen LogP contribution in [-0.4, -0.2) is 82.6 Å². The van der Waals surface area contributed by atoms with Gasteiger partial charge in [0.2, 0.25) is 11.8 Å². The number of allylic oxidation sites excluding steroid dienone is 1. The lowest BCUT2D eigenvalue weighted by atomic mass is 9.96. The molecule has 9 heteroatoms. The molecule has 3 aliphatic heterocycles. The lowest BCUT2D eigenvalue weighted by Crippen LogP contribution is -2.49. The van der Waals surface area contributed by atoms with Crippen LogP contribution in [0.25, 0.3) is 28.0 Å². The van der Waals surface area contributed by atoms with Crippen LogP contribution in [0.4, 0.5) is 0 Å². The van der Waals surface area contributed by atoms with Gasteiger partial charge >= 0.3 is 0 Å². The molecule has 2 saturated heterocycles. The molecule has 0 saturated carbocycles. The third-order valence-electron chi connectivity index (χ3n) is 10.6. The van der Waals surface area contributed by atoms with Crippen molar-refractivity contribution in [3.05, 3.63) is 72.3 Å². The Morgan fingerprint density at radius 1 is 0.760 bits per heavy atom. The predicted molar refractivity (Wildman–Crippen MR) is 203 cm³/mol. The minimum Gasteiger partial charge on any atom is -0.340 e. The molecule has 2 amide bonds. The Labute approximate surface area is 298 Å². The highest BCUT2D eigenvalue weighted by Crippen LogP contribution is 2.34. The number of H-pyrrole nitrogens is 1. The van der Waals surface area contributed by atoms with Gasteiger partial charge in [-0.1, -0.05) is 76.2 Å². The monoisotopic (exact) mass is 677 g/mol. The number of rotatable bonds is 13. The predicted octanol–water partition coefficient (Wildman–Crippen LogP) is 6.85. The Balaban J connectivity index is 1.07. The van der Waals surface area contributed by atoms with Crippen LogP contribution in [0.15, 0.2) is 65.9 Å². The number of benzene rings is 2. The Morgan fingerprint density at radius 3 is 1.80 bits per heavy atom. The summed E-state index contributed by atoms with van der Waals surface area (Å²) < 4.78 is 0. The summed E-state index contributed by atoms with van der Waals surface area (Å²) >= 11 is 0. The van der Waals surface area contributed by atoms with Crippen LogP contribution in [0.3, 0.4) is 0 Å². The van der Waals surface area contributed by atoms with Crippen molar-refractivity contribution in [1.82, 2.24) is 30.4 Å². The molecule has 266 valence electrons. The first-order chi connectivity index (χ1) is 24.2. The Kier molecular flexibility index (Phi) is 11.3. The minimum atomic E-state index is -0.168. The van der Waals surface area contributed by atoms with Crippen LogP contribution in [0.2, 0.25) is 0 Å². The maximum atomic E-state index is 13.4. The third-order valence-corrected chi connectivity index (χ3v) is 10.6. The van der Waals surface area contributed by atoms with E-state index in [2.05, 4.69) is 96.7 Å². The molecule has 4 atom stereocenters. The fraction of sp³-hybridized carbons (Fsp3) is 0.512. The summed E-state index contributed by atoms with van der Waals surface area (Å²) in [7, 11) is 3.76. The molecule has 0 aliphatic carbocycles. The van der Waals surface area contributed by atoms with Crippen LogP contribution >= 0.6 is 0 Å². The summed E-state index contributed by atoms with van der Waals surface area (Å²) in [5.74, 6) is 2.13. The van der Waals surface area contributed by atoms with Gasteiger partial charge in [-0.2, -0.15) is 0 Å². The second-order valence-electron chi connectivity index (χ2n) is 15.1. The molecule has 2 aromatic carbocycles. The number of nitrogens with one attached hydrogen (secondary N) is 3. The normalized spacial score (nSPS) is 20.5. The second kappa shape index (κ2) is 15.9. The number of likely N-dealkylation sites (tertiary alicyclic amines) is 2. The van der Waals surface area contributed by atoms with E-state index in [0.29, 0.717) is 11.8 Å². The van der Waals surface area contributed by atoms with Crippen molar-refractivity contribution in [2.75, 3.05) is 27.2 Å². The van der Waals surface area contributed by atoms with Gasteiger partial charge in [0.15, 0.2) is 0 Å². The molecule has 2 fully saturated rings. The number of nitrogens with zero attached hydrogens (tertiary/aromatic N) is 4. The molecule has 50 heavy (non-hydrogen) atoms. The first kappa shape index (κ1) is 35.7. The molecule has 9 nitrogen and oxygen atoms in total. The van der Waals surface area contributed by atoms with Crippen LogP contribution in [0.5, 0.6) is 0 Å². The van der Waals surface area contributed by atoms with E-state index in [-0.39, 0.29) is 36.0 Å². The third kappa shape index (κ3) is 7.79. The van der Waals surface area contributed by atoms with Crippen molar-refractivity contribution in [3.63, 3.8) is 0 Å². The van der Waals surface area contributed by atoms with Crippen molar-refractivity contribution in [1.29, 1.82) is 0 Å². The van der Waals surface area contributed by atoms with Gasteiger partial charge in [-0.25, -0.2) is 4.98 Å². The van der Waals surface area contributed by atoms with Gasteiger partial charge < -0.3 is 25.4 Å². The van der Waals surface area contributed by atoms with Gasteiger partial charge in [0.05, 0.1) is 36.1 Å². The van der Waals surface area contributed by atoms with Crippen LogP contribution in [-0.2, 0) is 9.59 Å². The summed E-state index contributed by atoms with van der Waals surface area (Å²) in [5.41, 5.74) is 7.80. The highest BCUT2D eigenvalue weighted by atomic mass is 16.2. The first-order valence-electron chi connectivity index (χ1n) is 18.6. The van der Waals surface area contributed by atoms with Gasteiger partial charge in [-0.3, -0.25) is 14.6 Å². The summed E-state index contributed by atoms with van der Waals surface area (Å²) in [5, 5.41) is 6.48. The van der Waals surface area contributed by atoms with Crippen molar-refractivity contribution < 1.29 is 9.59 Å². The fourth-order valence-corrected chi connectivity index (χ4v) is 7.92. The number of aromatic amines is 1. The van der Waals surface area contributed by atoms with Gasteiger partial charge in [0.25, 0.3) is 0 Å². The summed E-state index contributed by atoms with van der Waals surface area (Å²) in [6.07, 6.45) is 10.2. The average molecular weight is 678 g/mol. The number of amides is 2. The Morgan fingerprint density at radius 2 is 1.26 bits per heavy atom. The topological polar surface area (TPSA) is 106 Å². The maximum Gasteiger partial charge on any atom is 0.240 e. The van der Waals surface area contributed by atoms with Crippen LogP contribution in [0.1, 0.15) is 90.1 Å². The van der Waals surface area contributed by atoms with E-state index in [1.54, 1.807) is 0 Å². The van der Waals surface area contributed by atoms with E-state index in [0.717, 1.165) is 92.0 Å². The van der Waals surface area contributed by atoms with Crippen molar-refractivity contribution in [2.45, 2.75) is 96.8 Å². The zero-order valence-corrected chi connectivity index (χ0v) is 30.7. The van der Waals surface area contributed by atoms with Crippen LogP contribution in [0, 0.1) is 11.8 Å². The summed E-state index contributed by atoms with van der Waals surface area (Å²) in [6, 6.07) is 17.0. The highest BCUT2D eigenvalue weighted by Gasteiger charge is 2.37. The number of hydrogen-bond donors (Lipinski definition) is 3. The maximum absolute atomic E-state index is 13.4. The first-order valence-corrected chi connectivity index (χ1v) is 18.6. The second-order valence-corrected chi connectivity index (χ2v) is 15.1. The molecule has 3 N–H and O–H groups in total. The van der Waals surface area contributed by atoms with Crippen molar-refractivity contribution >= 4 is 23.1 Å². The standard InChI is InChI=1S/C41H55N7O2/c1-26(2)21-34(42-5)40(49)47-19-7-9-37(47)33-23-32(24-44-33)30-13-11-28(12-14-30)29-15-17-31(18-16-29)36-25-45-39(46-36)38-10-8-20-48(38)41(50)35(43-6)22-27(3)4/h11-18,24-27,34-35,37-38,42-43H,7-10,19-23H2,1-6H3,(H,45,46)/t34-,35-,37-,38?/m0/s1. The van der Waals surface area contributed by atoms with E-state index < -0.39 is 0 Å². The number of aromatic nitrogens is 2. The van der Waals surface area contributed by atoms with Crippen molar-refractivity contribution in [2.24, 2.45) is 16.8 Å². The quantitative estimate of drug-likeness (QED) is 0.184. The number of carbonyl (C=O) groups excluding carboxylic acids is 2. The van der Waals surface area contributed by atoms with Gasteiger partial charge in [-0.15, -0.1) is 0 Å². The lowest BCUT2D eigenvalue weighted by molar-refractivity contribution is -0.135. The molecular weight excluding hydrogens is 622 g/mol. The molecule has 6 rings (SSSR count). The molecule has 0 spiro atoms. The Bertz CT molecular complexity index is 1690. The molecule has 3 aromatic rings. The van der Waals surface area contributed by atoms with E-state index in [1.807, 2.05) is 31.4 Å². The summed E-state index contributed by atoms with van der Waals surface area (Å²) in [4.78, 5) is 44.0. The highest BCUT2D eigenvalue weighted by molar-refractivity contribution is 6.03. The largest absolute Gasteiger partial charge is 0.340 e. The number of hydrogen-bond acceptors (Lipinski definition) is 6. The smallest absolute Gasteiger partial charge is 0.240 e. The summed E-state index contributed by atoms with van der Waals surface area (Å²) in [6.45, 7) is 10.2. The number of carbonyl (C=O) groups is 2. The zero-order valence-electron chi connectivity index (χ0n) is 30.7. The van der Waals surface area contributed by atoms with E-state index >= 15 is 0 Å². The number of aliphatic imine (C=N–C) groups is 1. The Hall–Kier alpha value is -4.08. The van der Waals surface area contributed by atoms with E-state index in [4.69, 9.17) is 9.98 Å². The number of likely N-dealkylation sites (N-methyl/N-ethyl adjacent to an activating group) is 2. The molecule has 0 bridgehead atoms. The zero-order chi connectivity index (χ0) is 35.4. The molecular formula is C41H55N7O2. The molecule has 4 heterocycles. The van der Waals surface area contributed by atoms with Gasteiger partial charge in [0.1, 0.15) is 5.82 Å². The fourth-order valence-electron chi connectivity index (χ4n) is 7.92. The molecule has 0 radical (unpaired) electrons. The SMILES string of the molecule is CN[C@@H](CC(C)C)C(=O)N1CCCC1c1ncc(-c2ccc(-c3ccc(C4=CN=C([C@@H]5CCCN5C(=O)[C@H](CC(C)C)NC)C4)cc3)cc2)[nH]1. The van der Waals surface area contributed by atoms with E-state index in [1.165, 1.54) is 11.1 Å². The lowest BCUT2D eigenvalue weighted by Gasteiger charge is -2.29. The number of imidazole rings is 1. The van der Waals surface area contributed by atoms with Gasteiger partial charge in [0, 0.05) is 31.4 Å². The molecule has 1 unspecified atom stereocenters. The van der Waals surface area contributed by atoms with Gasteiger partial charge in [-0.05, 0) is 92.3 Å². The van der Waals surface area contributed by atoms with E-state index in [9.17, 15) is 9.59 Å². The minimum absolute atomic E-state index is 0.0199. The molecule has 3 aliphatic rings. The van der Waals surface area contributed by atoms with Crippen molar-refractivity contribution in [3.8, 4) is 22.4 Å². The average Bonchev–Trinajstić information content (AvgIpc) is 3.95.